The number of carbonyl (C=O) groups excluding carboxylic acids is 2. The molecule has 1 saturated heterocycles. The van der Waals surface area contributed by atoms with Crippen LogP contribution in [0.2, 0.25) is 0 Å². The Bertz CT molecular complexity index is 833. The van der Waals surface area contributed by atoms with Crippen molar-refractivity contribution >= 4 is 23.2 Å². The Morgan fingerprint density at radius 2 is 1.93 bits per heavy atom. The highest BCUT2D eigenvalue weighted by atomic mass is 16.5. The zero-order valence-electron chi connectivity index (χ0n) is 16.0. The molecule has 27 heavy (non-hydrogen) atoms. The van der Waals surface area contributed by atoms with Gasteiger partial charge in [0.25, 0.3) is 0 Å². The lowest BCUT2D eigenvalue weighted by atomic mass is 9.98. The van der Waals surface area contributed by atoms with Gasteiger partial charge in [0.05, 0.1) is 23.0 Å². The van der Waals surface area contributed by atoms with E-state index >= 15 is 0 Å². The van der Waals surface area contributed by atoms with Gasteiger partial charge in [-0.3, -0.25) is 9.59 Å². The third kappa shape index (κ3) is 3.97. The fraction of sp³-hybridized carbons (Fsp3) is 0.450. The normalized spacial score (nSPS) is 15.4. The maximum Gasteiger partial charge on any atom is 0.248 e. The molecule has 3 N–H and O–H groups in total. The lowest BCUT2D eigenvalue weighted by Gasteiger charge is -2.31. The van der Waals surface area contributed by atoms with Crippen molar-refractivity contribution in [2.24, 2.45) is 5.73 Å². The summed E-state index contributed by atoms with van der Waals surface area (Å²) in [5.41, 5.74) is 8.82. The van der Waals surface area contributed by atoms with Crippen molar-refractivity contribution in [2.75, 3.05) is 23.3 Å². The number of nitrogens with two attached hydrogens (primary N) is 1. The van der Waals surface area contributed by atoms with Gasteiger partial charge in [-0.25, -0.2) is 0 Å². The van der Waals surface area contributed by atoms with Crippen molar-refractivity contribution in [3.8, 4) is 0 Å². The van der Waals surface area contributed by atoms with Crippen LogP contribution in [-0.4, -0.2) is 30.1 Å². The van der Waals surface area contributed by atoms with Crippen LogP contribution in [0.25, 0.3) is 0 Å². The van der Waals surface area contributed by atoms with E-state index in [-0.39, 0.29) is 5.91 Å². The quantitative estimate of drug-likeness (QED) is 0.842. The zero-order valence-corrected chi connectivity index (χ0v) is 16.0. The number of carbonyl (C=O) groups is 2. The Hall–Kier alpha value is -2.83. The number of nitrogens with zero attached hydrogens (tertiary/aromatic N) is 2. The first-order valence-electron chi connectivity index (χ1n) is 9.31. The zero-order chi connectivity index (χ0) is 19.6. The summed E-state index contributed by atoms with van der Waals surface area (Å²) in [5.74, 6) is -0.487. The van der Waals surface area contributed by atoms with Crippen molar-refractivity contribution in [1.82, 2.24) is 5.16 Å². The van der Waals surface area contributed by atoms with E-state index in [1.807, 2.05) is 19.9 Å². The fourth-order valence-electron chi connectivity index (χ4n) is 3.68. The van der Waals surface area contributed by atoms with E-state index in [2.05, 4.69) is 15.4 Å². The second-order valence-electron chi connectivity index (χ2n) is 7.09. The molecule has 1 unspecified atom stereocenters. The number of rotatable bonds is 5. The van der Waals surface area contributed by atoms with Crippen molar-refractivity contribution in [2.45, 2.75) is 46.0 Å². The highest BCUT2D eigenvalue weighted by molar-refractivity contribution is 6.01. The van der Waals surface area contributed by atoms with Gasteiger partial charge < -0.3 is 20.5 Å². The highest BCUT2D eigenvalue weighted by Crippen LogP contribution is 2.31. The fourth-order valence-corrected chi connectivity index (χ4v) is 3.68. The Morgan fingerprint density at radius 1 is 1.22 bits per heavy atom. The van der Waals surface area contributed by atoms with Crippen LogP contribution in [0.5, 0.6) is 0 Å². The van der Waals surface area contributed by atoms with Crippen LogP contribution in [0.15, 0.2) is 22.7 Å². The van der Waals surface area contributed by atoms with Gasteiger partial charge in [0.15, 0.2) is 0 Å². The second kappa shape index (κ2) is 7.82. The third-order valence-electron chi connectivity index (χ3n) is 5.15. The van der Waals surface area contributed by atoms with Gasteiger partial charge in [0.2, 0.25) is 11.8 Å². The van der Waals surface area contributed by atoms with Crippen LogP contribution < -0.4 is 16.0 Å². The molecule has 1 aliphatic rings. The number of aryl methyl sites for hydroxylation is 2. The molecule has 1 aliphatic heterocycles. The van der Waals surface area contributed by atoms with Crippen LogP contribution in [-0.2, 0) is 4.79 Å². The molecule has 144 valence electrons. The number of aromatic nitrogens is 1. The number of piperidine rings is 1. The first-order valence-corrected chi connectivity index (χ1v) is 9.31. The van der Waals surface area contributed by atoms with E-state index in [1.165, 1.54) is 6.42 Å². The maximum absolute atomic E-state index is 12.9. The number of hydrogen-bond acceptors (Lipinski definition) is 5. The topological polar surface area (TPSA) is 101 Å². The monoisotopic (exact) mass is 370 g/mol. The molecule has 2 aromatic rings. The molecule has 7 heteroatoms. The Balaban J connectivity index is 1.90. The molecule has 0 aliphatic carbocycles. The van der Waals surface area contributed by atoms with E-state index in [9.17, 15) is 9.59 Å². The summed E-state index contributed by atoms with van der Waals surface area (Å²) in [7, 11) is 0. The molecule has 2 heterocycles. The summed E-state index contributed by atoms with van der Waals surface area (Å²) in [4.78, 5) is 26.8. The lowest BCUT2D eigenvalue weighted by Crippen LogP contribution is -2.31. The molecule has 7 nitrogen and oxygen atoms in total. The predicted molar refractivity (Wildman–Crippen MR) is 104 cm³/mol. The van der Waals surface area contributed by atoms with Crippen LogP contribution in [0, 0.1) is 13.8 Å². The molecule has 1 aromatic carbocycles. The molecule has 1 aromatic heterocycles. The third-order valence-corrected chi connectivity index (χ3v) is 5.15. The Kier molecular flexibility index (Phi) is 5.48. The first-order chi connectivity index (χ1) is 12.9. The number of primary amides is 1. The van der Waals surface area contributed by atoms with Crippen LogP contribution in [0.3, 0.4) is 0 Å². The molecule has 1 atom stereocenters. The summed E-state index contributed by atoms with van der Waals surface area (Å²) < 4.78 is 5.19. The Morgan fingerprint density at radius 3 is 2.52 bits per heavy atom. The van der Waals surface area contributed by atoms with Gasteiger partial charge >= 0.3 is 0 Å². The minimum atomic E-state index is -0.519. The molecule has 2 amide bonds. The Labute approximate surface area is 158 Å². The van der Waals surface area contributed by atoms with Gasteiger partial charge in [-0.2, -0.15) is 0 Å². The number of amides is 2. The minimum absolute atomic E-state index is 0.177. The van der Waals surface area contributed by atoms with Gasteiger partial charge in [0.1, 0.15) is 5.76 Å². The molecule has 0 saturated carbocycles. The van der Waals surface area contributed by atoms with Gasteiger partial charge in [-0.1, -0.05) is 5.16 Å². The smallest absolute Gasteiger partial charge is 0.248 e. The van der Waals surface area contributed by atoms with E-state index in [0.29, 0.717) is 22.7 Å². The van der Waals surface area contributed by atoms with E-state index in [1.54, 1.807) is 19.1 Å². The maximum atomic E-state index is 12.9. The average molecular weight is 370 g/mol. The van der Waals surface area contributed by atoms with E-state index < -0.39 is 11.8 Å². The molecule has 0 spiro atoms. The molecular weight excluding hydrogens is 344 g/mol. The molecular formula is C20H26N4O3. The standard InChI is InChI=1S/C20H26N4O3/c1-12(18-13(2)23-27-14(18)3)20(26)22-16-11-15(19(21)25)7-8-17(16)24-9-5-4-6-10-24/h7-8,11-12H,4-6,9-10H2,1-3H3,(H2,21,25)(H,22,26). The number of hydrogen-bond donors (Lipinski definition) is 2. The molecule has 1 fully saturated rings. The van der Waals surface area contributed by atoms with Crippen LogP contribution >= 0.6 is 0 Å². The largest absolute Gasteiger partial charge is 0.370 e. The summed E-state index contributed by atoms with van der Waals surface area (Å²) in [6.07, 6.45) is 3.43. The van der Waals surface area contributed by atoms with Crippen molar-refractivity contribution in [3.63, 3.8) is 0 Å². The molecule has 0 radical (unpaired) electrons. The first kappa shape index (κ1) is 18.9. The minimum Gasteiger partial charge on any atom is -0.370 e. The second-order valence-corrected chi connectivity index (χ2v) is 7.09. The summed E-state index contributed by atoms with van der Waals surface area (Å²) >= 11 is 0. The van der Waals surface area contributed by atoms with E-state index in [4.69, 9.17) is 10.3 Å². The lowest BCUT2D eigenvalue weighted by molar-refractivity contribution is -0.117. The average Bonchev–Trinajstić information content (AvgIpc) is 3.00. The van der Waals surface area contributed by atoms with Crippen molar-refractivity contribution < 1.29 is 14.1 Å². The predicted octanol–water partition coefficient (Wildman–Crippen LogP) is 3.12. The van der Waals surface area contributed by atoms with Crippen molar-refractivity contribution in [1.29, 1.82) is 0 Å². The number of anilines is 2. The summed E-state index contributed by atoms with van der Waals surface area (Å²) in [5, 5.41) is 6.92. The van der Waals surface area contributed by atoms with Gasteiger partial charge in [-0.05, 0) is 58.2 Å². The van der Waals surface area contributed by atoms with Gasteiger partial charge in [-0.15, -0.1) is 0 Å². The van der Waals surface area contributed by atoms with Crippen LogP contribution in [0.1, 0.15) is 59.5 Å². The van der Waals surface area contributed by atoms with Gasteiger partial charge in [0, 0.05) is 24.2 Å². The molecule has 0 bridgehead atoms. The summed E-state index contributed by atoms with van der Waals surface area (Å²) in [6, 6.07) is 5.23. The number of nitrogens with one attached hydrogen (secondary N) is 1. The molecule has 3 rings (SSSR count). The SMILES string of the molecule is Cc1noc(C)c1C(C)C(=O)Nc1cc(C(N)=O)ccc1N1CCCCC1. The number of benzene rings is 1. The van der Waals surface area contributed by atoms with Crippen LogP contribution in [0.4, 0.5) is 11.4 Å². The summed E-state index contributed by atoms with van der Waals surface area (Å²) in [6.45, 7) is 7.30. The van der Waals surface area contributed by atoms with Crippen molar-refractivity contribution in [3.05, 3.63) is 40.8 Å². The van der Waals surface area contributed by atoms with E-state index in [0.717, 1.165) is 37.2 Å². The highest BCUT2D eigenvalue weighted by Gasteiger charge is 2.25.